The zero-order valence-electron chi connectivity index (χ0n) is 12.2. The van der Waals surface area contributed by atoms with Gasteiger partial charge in [-0.15, -0.1) is 0 Å². The van der Waals surface area contributed by atoms with Gasteiger partial charge in [-0.1, -0.05) is 13.3 Å². The molecule has 2 fully saturated rings. The van der Waals surface area contributed by atoms with Crippen molar-refractivity contribution >= 4 is 0 Å². The van der Waals surface area contributed by atoms with E-state index in [0.29, 0.717) is 18.2 Å². The Hall–Kier alpha value is -0.120. The van der Waals surface area contributed by atoms with Gasteiger partial charge in [-0.2, -0.15) is 0 Å². The normalized spacial score (nSPS) is 31.7. The Balaban J connectivity index is 1.67. The van der Waals surface area contributed by atoms with Gasteiger partial charge in [0.15, 0.2) is 0 Å². The maximum Gasteiger partial charge on any atom is 0.0589 e. The minimum Gasteiger partial charge on any atom is -0.378 e. The molecule has 0 aromatic rings. The molecular weight excluding hydrogens is 224 g/mol. The molecule has 0 radical (unpaired) electrons. The Bertz CT molecular complexity index is 227. The lowest BCUT2D eigenvalue weighted by Crippen LogP contribution is -2.47. The van der Waals surface area contributed by atoms with Gasteiger partial charge in [0.2, 0.25) is 0 Å². The third kappa shape index (κ3) is 4.52. The number of hydrogen-bond acceptors (Lipinski definition) is 3. The molecule has 3 nitrogen and oxygen atoms in total. The Morgan fingerprint density at radius 3 is 2.83 bits per heavy atom. The van der Waals surface area contributed by atoms with E-state index in [1.54, 1.807) is 0 Å². The number of nitrogens with zero attached hydrogens (tertiary/aromatic N) is 1. The van der Waals surface area contributed by atoms with E-state index in [-0.39, 0.29) is 0 Å². The molecule has 2 aliphatic rings. The van der Waals surface area contributed by atoms with Crippen LogP contribution in [0.15, 0.2) is 0 Å². The van der Waals surface area contributed by atoms with Gasteiger partial charge in [0, 0.05) is 25.2 Å². The van der Waals surface area contributed by atoms with Crippen LogP contribution < -0.4 is 5.32 Å². The van der Waals surface area contributed by atoms with Crippen LogP contribution in [0, 0.1) is 0 Å². The lowest BCUT2D eigenvalue weighted by molar-refractivity contribution is -0.00519. The molecule has 0 amide bonds. The van der Waals surface area contributed by atoms with Crippen molar-refractivity contribution in [2.45, 2.75) is 70.6 Å². The van der Waals surface area contributed by atoms with Crippen molar-refractivity contribution in [1.29, 1.82) is 0 Å². The summed E-state index contributed by atoms with van der Waals surface area (Å²) in [5.74, 6) is 0. The van der Waals surface area contributed by atoms with Crippen LogP contribution in [0.25, 0.3) is 0 Å². The van der Waals surface area contributed by atoms with Crippen molar-refractivity contribution in [3.63, 3.8) is 0 Å². The van der Waals surface area contributed by atoms with Gasteiger partial charge < -0.3 is 15.0 Å². The molecule has 3 heteroatoms. The Morgan fingerprint density at radius 1 is 1.33 bits per heavy atom. The fraction of sp³-hybridized carbons (Fsp3) is 1.00. The first-order valence-corrected chi connectivity index (χ1v) is 7.88. The highest BCUT2D eigenvalue weighted by molar-refractivity contribution is 4.81. The van der Waals surface area contributed by atoms with Crippen LogP contribution in [0.2, 0.25) is 0 Å². The zero-order valence-corrected chi connectivity index (χ0v) is 12.2. The van der Waals surface area contributed by atoms with Gasteiger partial charge in [-0.25, -0.2) is 0 Å². The molecule has 2 rings (SSSR count). The standard InChI is InChI=1S/C15H30N2O/c1-3-6-15-11-14(7-10-18-15)16-13(2)12-17-8-4-5-9-17/h13-16H,3-12H2,1-2H3. The van der Waals surface area contributed by atoms with Crippen LogP contribution in [0.3, 0.4) is 0 Å². The molecule has 0 aromatic heterocycles. The van der Waals surface area contributed by atoms with Gasteiger partial charge in [-0.05, 0) is 52.1 Å². The minimum absolute atomic E-state index is 0.500. The first-order chi connectivity index (χ1) is 8.78. The van der Waals surface area contributed by atoms with E-state index in [2.05, 4.69) is 24.1 Å². The molecule has 0 aliphatic carbocycles. The molecule has 1 N–H and O–H groups in total. The van der Waals surface area contributed by atoms with Crippen LogP contribution in [0.4, 0.5) is 0 Å². The fourth-order valence-corrected chi connectivity index (χ4v) is 3.36. The highest BCUT2D eigenvalue weighted by Gasteiger charge is 2.23. The lowest BCUT2D eigenvalue weighted by Gasteiger charge is -2.33. The van der Waals surface area contributed by atoms with Crippen molar-refractivity contribution in [3.8, 4) is 0 Å². The smallest absolute Gasteiger partial charge is 0.0589 e. The monoisotopic (exact) mass is 254 g/mol. The molecular formula is C15H30N2O. The van der Waals surface area contributed by atoms with Gasteiger partial charge >= 0.3 is 0 Å². The van der Waals surface area contributed by atoms with Crippen molar-refractivity contribution in [2.75, 3.05) is 26.2 Å². The van der Waals surface area contributed by atoms with Crippen LogP contribution in [-0.2, 0) is 4.74 Å². The van der Waals surface area contributed by atoms with E-state index in [1.807, 2.05) is 0 Å². The average molecular weight is 254 g/mol. The molecule has 0 saturated carbocycles. The summed E-state index contributed by atoms with van der Waals surface area (Å²) in [5.41, 5.74) is 0. The van der Waals surface area contributed by atoms with E-state index < -0.39 is 0 Å². The average Bonchev–Trinajstić information content (AvgIpc) is 2.82. The molecule has 106 valence electrons. The summed E-state index contributed by atoms with van der Waals surface area (Å²) in [6.07, 6.45) is 8.13. The Kier molecular flexibility index (Phi) is 5.93. The van der Waals surface area contributed by atoms with Crippen molar-refractivity contribution in [1.82, 2.24) is 10.2 Å². The minimum atomic E-state index is 0.500. The predicted octanol–water partition coefficient (Wildman–Crippen LogP) is 2.41. The molecule has 3 atom stereocenters. The summed E-state index contributed by atoms with van der Waals surface area (Å²) in [5, 5.41) is 3.81. The summed E-state index contributed by atoms with van der Waals surface area (Å²) < 4.78 is 5.81. The fourth-order valence-electron chi connectivity index (χ4n) is 3.36. The molecule has 0 spiro atoms. The van der Waals surface area contributed by atoms with E-state index in [9.17, 15) is 0 Å². The van der Waals surface area contributed by atoms with Crippen molar-refractivity contribution in [2.24, 2.45) is 0 Å². The van der Waals surface area contributed by atoms with Crippen LogP contribution in [0.1, 0.15) is 52.4 Å². The quantitative estimate of drug-likeness (QED) is 0.788. The number of likely N-dealkylation sites (tertiary alicyclic amines) is 1. The van der Waals surface area contributed by atoms with Crippen molar-refractivity contribution < 1.29 is 4.74 Å². The van der Waals surface area contributed by atoms with Crippen LogP contribution in [-0.4, -0.2) is 49.3 Å². The summed E-state index contributed by atoms with van der Waals surface area (Å²) in [6.45, 7) is 9.35. The highest BCUT2D eigenvalue weighted by atomic mass is 16.5. The SMILES string of the molecule is CCCC1CC(NC(C)CN2CCCC2)CCO1. The topological polar surface area (TPSA) is 24.5 Å². The third-order valence-corrected chi connectivity index (χ3v) is 4.23. The van der Waals surface area contributed by atoms with Crippen LogP contribution >= 0.6 is 0 Å². The molecule has 2 aliphatic heterocycles. The first-order valence-electron chi connectivity index (χ1n) is 7.88. The number of rotatable bonds is 6. The number of hydrogen-bond donors (Lipinski definition) is 1. The number of nitrogens with one attached hydrogen (secondary N) is 1. The van der Waals surface area contributed by atoms with Crippen molar-refractivity contribution in [3.05, 3.63) is 0 Å². The molecule has 2 saturated heterocycles. The Labute approximate surface area is 112 Å². The van der Waals surface area contributed by atoms with Gasteiger partial charge in [0.25, 0.3) is 0 Å². The van der Waals surface area contributed by atoms with E-state index in [4.69, 9.17) is 4.74 Å². The van der Waals surface area contributed by atoms with Gasteiger partial charge in [-0.3, -0.25) is 0 Å². The lowest BCUT2D eigenvalue weighted by atomic mass is 9.99. The summed E-state index contributed by atoms with van der Waals surface area (Å²) in [4.78, 5) is 2.60. The second kappa shape index (κ2) is 7.46. The molecule has 2 heterocycles. The maximum atomic E-state index is 5.81. The van der Waals surface area contributed by atoms with Gasteiger partial charge in [0.1, 0.15) is 0 Å². The largest absolute Gasteiger partial charge is 0.378 e. The molecule has 18 heavy (non-hydrogen) atoms. The molecule has 0 bridgehead atoms. The second-order valence-corrected chi connectivity index (χ2v) is 6.08. The molecule has 0 aromatic carbocycles. The summed E-state index contributed by atoms with van der Waals surface area (Å²) in [6, 6.07) is 1.29. The predicted molar refractivity (Wildman–Crippen MR) is 75.9 cm³/mol. The summed E-state index contributed by atoms with van der Waals surface area (Å²) in [7, 11) is 0. The van der Waals surface area contributed by atoms with E-state index in [0.717, 1.165) is 6.61 Å². The maximum absolute atomic E-state index is 5.81. The Morgan fingerprint density at radius 2 is 2.11 bits per heavy atom. The van der Waals surface area contributed by atoms with E-state index >= 15 is 0 Å². The third-order valence-electron chi connectivity index (χ3n) is 4.23. The first kappa shape index (κ1) is 14.3. The van der Waals surface area contributed by atoms with E-state index in [1.165, 1.54) is 58.2 Å². The molecule has 3 unspecified atom stereocenters. The zero-order chi connectivity index (χ0) is 12.8. The number of ether oxygens (including phenoxy) is 1. The summed E-state index contributed by atoms with van der Waals surface area (Å²) >= 11 is 0. The van der Waals surface area contributed by atoms with Crippen LogP contribution in [0.5, 0.6) is 0 Å². The van der Waals surface area contributed by atoms with Gasteiger partial charge in [0.05, 0.1) is 6.10 Å². The second-order valence-electron chi connectivity index (χ2n) is 6.08. The highest BCUT2D eigenvalue weighted by Crippen LogP contribution is 2.18.